The van der Waals surface area contributed by atoms with Crippen molar-refractivity contribution >= 4 is 11.8 Å². The van der Waals surface area contributed by atoms with E-state index in [0.717, 1.165) is 0 Å². The summed E-state index contributed by atoms with van der Waals surface area (Å²) in [6.45, 7) is 2.81. The number of hydrogen-bond donors (Lipinski definition) is 1. The third-order valence-electron chi connectivity index (χ3n) is 3.83. The zero-order valence-electron chi connectivity index (χ0n) is 13.0. The predicted molar refractivity (Wildman–Crippen MR) is 83.8 cm³/mol. The summed E-state index contributed by atoms with van der Waals surface area (Å²) in [5.41, 5.74) is 6.04. The molecule has 0 atom stereocenters. The molecule has 120 valence electrons. The molecule has 2 amide bonds. The minimum atomic E-state index is -0.0204. The molecule has 1 heterocycles. The third kappa shape index (κ3) is 3.98. The maximum absolute atomic E-state index is 12.5. The number of hydrogen-bond acceptors (Lipinski definition) is 4. The molecule has 0 aromatic heterocycles. The highest BCUT2D eigenvalue weighted by Gasteiger charge is 2.24. The fourth-order valence-electron chi connectivity index (χ4n) is 2.51. The molecule has 0 radical (unpaired) electrons. The van der Waals surface area contributed by atoms with Crippen LogP contribution in [0, 0.1) is 0 Å². The fraction of sp³-hybridized carbons (Fsp3) is 0.500. The van der Waals surface area contributed by atoms with Gasteiger partial charge in [-0.2, -0.15) is 0 Å². The van der Waals surface area contributed by atoms with E-state index < -0.39 is 0 Å². The summed E-state index contributed by atoms with van der Waals surface area (Å²) in [7, 11) is 1.58. The first kappa shape index (κ1) is 16.3. The van der Waals surface area contributed by atoms with Crippen molar-refractivity contribution in [1.29, 1.82) is 0 Å². The summed E-state index contributed by atoms with van der Waals surface area (Å²) in [5, 5.41) is 0. The molecule has 1 aliphatic heterocycles. The van der Waals surface area contributed by atoms with E-state index in [1.165, 1.54) is 0 Å². The molecule has 2 rings (SSSR count). The van der Waals surface area contributed by atoms with Gasteiger partial charge in [0.25, 0.3) is 5.91 Å². The summed E-state index contributed by atoms with van der Waals surface area (Å²) < 4.78 is 5.14. The summed E-state index contributed by atoms with van der Waals surface area (Å²) >= 11 is 0. The van der Waals surface area contributed by atoms with Crippen molar-refractivity contribution < 1.29 is 14.3 Å². The van der Waals surface area contributed by atoms with Gasteiger partial charge in [0.1, 0.15) is 5.75 Å². The summed E-state index contributed by atoms with van der Waals surface area (Å²) in [5.74, 6) is 0.772. The Balaban J connectivity index is 1.90. The van der Waals surface area contributed by atoms with E-state index in [-0.39, 0.29) is 11.8 Å². The Labute approximate surface area is 130 Å². The van der Waals surface area contributed by atoms with Crippen molar-refractivity contribution in [2.24, 2.45) is 5.73 Å². The number of amides is 2. The van der Waals surface area contributed by atoms with Gasteiger partial charge in [0, 0.05) is 38.2 Å². The monoisotopic (exact) mass is 305 g/mol. The molecule has 1 saturated heterocycles. The van der Waals surface area contributed by atoms with Crippen molar-refractivity contribution in [2.75, 3.05) is 39.8 Å². The molecule has 1 aliphatic rings. The smallest absolute Gasteiger partial charge is 0.254 e. The van der Waals surface area contributed by atoms with E-state index in [9.17, 15) is 9.59 Å². The Morgan fingerprint density at radius 1 is 1.18 bits per heavy atom. The number of rotatable bonds is 5. The highest BCUT2D eigenvalue weighted by atomic mass is 16.5. The van der Waals surface area contributed by atoms with Gasteiger partial charge in [0.2, 0.25) is 5.91 Å². The van der Waals surface area contributed by atoms with E-state index >= 15 is 0 Å². The average Bonchev–Trinajstić information content (AvgIpc) is 2.59. The number of nitrogens with zero attached hydrogens (tertiary/aromatic N) is 2. The van der Waals surface area contributed by atoms with Crippen LogP contribution >= 0.6 is 0 Å². The number of carbonyl (C=O) groups excluding carboxylic acids is 2. The standard InChI is InChI=1S/C16H23N3O3/c1-22-14-5-2-4-13(12-14)16(21)19-10-8-18(9-11-19)15(20)6-3-7-17/h2,4-5,12H,3,6-11,17H2,1H3. The highest BCUT2D eigenvalue weighted by Crippen LogP contribution is 2.15. The van der Waals surface area contributed by atoms with Crippen LogP contribution in [0.5, 0.6) is 5.75 Å². The first-order chi connectivity index (χ1) is 10.7. The second-order valence-corrected chi connectivity index (χ2v) is 5.30. The van der Waals surface area contributed by atoms with Crippen LogP contribution in [-0.4, -0.2) is 61.4 Å². The predicted octanol–water partition coefficient (Wildman–Crippen LogP) is 0.719. The van der Waals surface area contributed by atoms with Gasteiger partial charge in [-0.3, -0.25) is 9.59 Å². The molecule has 1 aromatic carbocycles. The molecule has 0 saturated carbocycles. The van der Waals surface area contributed by atoms with E-state index in [1.54, 1.807) is 30.2 Å². The van der Waals surface area contributed by atoms with Crippen LogP contribution in [0.4, 0.5) is 0 Å². The maximum Gasteiger partial charge on any atom is 0.254 e. The van der Waals surface area contributed by atoms with Crippen molar-refractivity contribution in [1.82, 2.24) is 9.80 Å². The van der Waals surface area contributed by atoms with Gasteiger partial charge < -0.3 is 20.3 Å². The first-order valence-corrected chi connectivity index (χ1v) is 7.57. The number of ether oxygens (including phenoxy) is 1. The topological polar surface area (TPSA) is 75.9 Å². The summed E-state index contributed by atoms with van der Waals surface area (Å²) in [6, 6.07) is 7.13. The largest absolute Gasteiger partial charge is 0.497 e. The normalized spacial score (nSPS) is 14.8. The molecule has 0 bridgehead atoms. The Kier molecular flexibility index (Phi) is 5.77. The van der Waals surface area contributed by atoms with Crippen LogP contribution in [0.15, 0.2) is 24.3 Å². The fourth-order valence-corrected chi connectivity index (χ4v) is 2.51. The van der Waals surface area contributed by atoms with Crippen molar-refractivity contribution in [3.05, 3.63) is 29.8 Å². The van der Waals surface area contributed by atoms with Gasteiger partial charge in [0.15, 0.2) is 0 Å². The Morgan fingerprint density at radius 3 is 2.50 bits per heavy atom. The summed E-state index contributed by atoms with van der Waals surface area (Å²) in [6.07, 6.45) is 1.20. The molecule has 1 fully saturated rings. The van der Waals surface area contributed by atoms with Crippen LogP contribution in [-0.2, 0) is 4.79 Å². The van der Waals surface area contributed by atoms with Crippen molar-refractivity contribution in [2.45, 2.75) is 12.8 Å². The quantitative estimate of drug-likeness (QED) is 0.869. The minimum absolute atomic E-state index is 0.0204. The molecule has 6 nitrogen and oxygen atoms in total. The zero-order valence-corrected chi connectivity index (χ0v) is 13.0. The van der Waals surface area contributed by atoms with E-state index in [1.807, 2.05) is 11.0 Å². The third-order valence-corrected chi connectivity index (χ3v) is 3.83. The van der Waals surface area contributed by atoms with E-state index in [4.69, 9.17) is 10.5 Å². The van der Waals surface area contributed by atoms with Crippen LogP contribution in [0.1, 0.15) is 23.2 Å². The molecule has 0 aliphatic carbocycles. The second-order valence-electron chi connectivity index (χ2n) is 5.30. The average molecular weight is 305 g/mol. The van der Waals surface area contributed by atoms with Gasteiger partial charge in [-0.1, -0.05) is 6.07 Å². The zero-order chi connectivity index (χ0) is 15.9. The molecule has 2 N–H and O–H groups in total. The van der Waals surface area contributed by atoms with Crippen LogP contribution < -0.4 is 10.5 Å². The number of piperazine rings is 1. The molecule has 0 spiro atoms. The maximum atomic E-state index is 12.5. The van der Waals surface area contributed by atoms with Crippen molar-refractivity contribution in [3.63, 3.8) is 0 Å². The molecular formula is C16H23N3O3. The van der Waals surface area contributed by atoms with Gasteiger partial charge >= 0.3 is 0 Å². The minimum Gasteiger partial charge on any atom is -0.497 e. The van der Waals surface area contributed by atoms with Gasteiger partial charge in [0.05, 0.1) is 7.11 Å². The number of nitrogens with two attached hydrogens (primary N) is 1. The Bertz CT molecular complexity index is 525. The lowest BCUT2D eigenvalue weighted by Gasteiger charge is -2.35. The van der Waals surface area contributed by atoms with E-state index in [2.05, 4.69) is 0 Å². The van der Waals surface area contributed by atoms with Gasteiger partial charge in [-0.05, 0) is 31.2 Å². The highest BCUT2D eigenvalue weighted by molar-refractivity contribution is 5.94. The SMILES string of the molecule is COc1cccc(C(=O)N2CCN(C(=O)CCCN)CC2)c1. The lowest BCUT2D eigenvalue weighted by atomic mass is 10.1. The second kappa shape index (κ2) is 7.79. The Hall–Kier alpha value is -2.08. The Morgan fingerprint density at radius 2 is 1.86 bits per heavy atom. The van der Waals surface area contributed by atoms with E-state index in [0.29, 0.717) is 56.9 Å². The number of benzene rings is 1. The van der Waals surface area contributed by atoms with Crippen LogP contribution in [0.3, 0.4) is 0 Å². The van der Waals surface area contributed by atoms with Crippen molar-refractivity contribution in [3.8, 4) is 5.75 Å². The van der Waals surface area contributed by atoms with Crippen LogP contribution in [0.25, 0.3) is 0 Å². The lowest BCUT2D eigenvalue weighted by Crippen LogP contribution is -2.50. The number of carbonyl (C=O) groups is 2. The lowest BCUT2D eigenvalue weighted by molar-refractivity contribution is -0.132. The van der Waals surface area contributed by atoms with Gasteiger partial charge in [-0.15, -0.1) is 0 Å². The molecular weight excluding hydrogens is 282 g/mol. The van der Waals surface area contributed by atoms with Gasteiger partial charge in [-0.25, -0.2) is 0 Å². The summed E-state index contributed by atoms with van der Waals surface area (Å²) in [4.78, 5) is 28.0. The number of methoxy groups -OCH3 is 1. The first-order valence-electron chi connectivity index (χ1n) is 7.57. The molecule has 6 heteroatoms. The molecule has 22 heavy (non-hydrogen) atoms. The molecule has 1 aromatic rings. The molecule has 0 unspecified atom stereocenters. The van der Waals surface area contributed by atoms with Crippen LogP contribution in [0.2, 0.25) is 0 Å².